The van der Waals surface area contributed by atoms with Crippen LogP contribution in [-0.2, 0) is 9.53 Å². The van der Waals surface area contributed by atoms with Gasteiger partial charge < -0.3 is 24.8 Å². The van der Waals surface area contributed by atoms with E-state index in [1.54, 1.807) is 0 Å². The number of ether oxygens (including phenoxy) is 3. The van der Waals surface area contributed by atoms with Crippen molar-refractivity contribution in [2.75, 3.05) is 31.7 Å². The second kappa shape index (κ2) is 9.19. The van der Waals surface area contributed by atoms with Crippen LogP contribution in [0.3, 0.4) is 0 Å². The first-order chi connectivity index (χ1) is 11.2. The molecular weight excluding hydrogens is 316 g/mol. The zero-order chi connectivity index (χ0) is 16.5. The van der Waals surface area contributed by atoms with Crippen LogP contribution < -0.4 is 20.1 Å². The quantitative estimate of drug-likeness (QED) is 0.450. The standard InChI is InChI=1S/C16H22N2O4S/c1-2-3-4-7-22-15(19)11-17-16(23)18-12-5-6-13-14(10-12)21-9-8-20-13/h5-6,10H,2-4,7-9,11H2,1H3,(H2,17,18,23). The lowest BCUT2D eigenvalue weighted by Gasteiger charge is -2.19. The molecule has 0 fully saturated rings. The number of thiocarbonyl (C=S) groups is 1. The average Bonchev–Trinajstić information content (AvgIpc) is 2.57. The molecule has 2 N–H and O–H groups in total. The number of hydrogen-bond acceptors (Lipinski definition) is 5. The van der Waals surface area contributed by atoms with E-state index in [-0.39, 0.29) is 12.5 Å². The van der Waals surface area contributed by atoms with Crippen molar-refractivity contribution >= 4 is 29.0 Å². The first kappa shape index (κ1) is 17.3. The highest BCUT2D eigenvalue weighted by Gasteiger charge is 2.12. The Morgan fingerprint density at radius 2 is 2.04 bits per heavy atom. The van der Waals surface area contributed by atoms with Crippen LogP contribution in [-0.4, -0.2) is 37.4 Å². The zero-order valence-electron chi connectivity index (χ0n) is 13.2. The van der Waals surface area contributed by atoms with Gasteiger partial charge in [0.25, 0.3) is 0 Å². The molecule has 0 radical (unpaired) electrons. The van der Waals surface area contributed by atoms with Crippen molar-refractivity contribution in [3.63, 3.8) is 0 Å². The predicted molar refractivity (Wildman–Crippen MR) is 92.1 cm³/mol. The summed E-state index contributed by atoms with van der Waals surface area (Å²) in [5, 5.41) is 6.18. The molecule has 0 spiro atoms. The van der Waals surface area contributed by atoms with Crippen LogP contribution in [0.5, 0.6) is 11.5 Å². The first-order valence-electron chi connectivity index (χ1n) is 7.79. The second-order valence-electron chi connectivity index (χ2n) is 5.09. The summed E-state index contributed by atoms with van der Waals surface area (Å²) in [6.45, 7) is 3.69. The van der Waals surface area contributed by atoms with Crippen LogP contribution in [0.15, 0.2) is 18.2 Å². The summed E-state index contributed by atoms with van der Waals surface area (Å²) >= 11 is 5.16. The van der Waals surface area contributed by atoms with Crippen molar-refractivity contribution in [2.45, 2.75) is 26.2 Å². The van der Waals surface area contributed by atoms with Gasteiger partial charge in [-0.05, 0) is 30.8 Å². The Morgan fingerprint density at radius 1 is 1.26 bits per heavy atom. The summed E-state index contributed by atoms with van der Waals surface area (Å²) in [4.78, 5) is 11.5. The van der Waals surface area contributed by atoms with Crippen LogP contribution >= 0.6 is 12.2 Å². The van der Waals surface area contributed by atoms with Crippen LogP contribution in [0.25, 0.3) is 0 Å². The Bertz CT molecular complexity index is 551. The van der Waals surface area contributed by atoms with Gasteiger partial charge in [-0.3, -0.25) is 4.79 Å². The number of esters is 1. The SMILES string of the molecule is CCCCCOC(=O)CNC(=S)Nc1ccc2c(c1)OCCO2. The number of unbranched alkanes of at least 4 members (excludes halogenated alkanes) is 2. The molecular formula is C16H22N2O4S. The molecule has 0 aromatic heterocycles. The first-order valence-corrected chi connectivity index (χ1v) is 8.20. The molecule has 2 rings (SSSR count). The largest absolute Gasteiger partial charge is 0.486 e. The van der Waals surface area contributed by atoms with Gasteiger partial charge in [0, 0.05) is 11.8 Å². The number of carbonyl (C=O) groups excluding carboxylic acids is 1. The molecule has 0 saturated heterocycles. The third-order valence-electron chi connectivity index (χ3n) is 3.20. The number of carbonyl (C=O) groups is 1. The van der Waals surface area contributed by atoms with Crippen molar-refractivity contribution in [1.29, 1.82) is 0 Å². The van der Waals surface area contributed by atoms with Crippen molar-refractivity contribution in [2.24, 2.45) is 0 Å². The maximum absolute atomic E-state index is 11.5. The van der Waals surface area contributed by atoms with Gasteiger partial charge in [-0.2, -0.15) is 0 Å². The highest BCUT2D eigenvalue weighted by molar-refractivity contribution is 7.80. The molecule has 1 aliphatic heterocycles. The van der Waals surface area contributed by atoms with Gasteiger partial charge in [-0.15, -0.1) is 0 Å². The van der Waals surface area contributed by atoms with E-state index in [4.69, 9.17) is 26.4 Å². The Kier molecular flexibility index (Phi) is 6.93. The minimum absolute atomic E-state index is 0.0442. The lowest BCUT2D eigenvalue weighted by atomic mass is 10.2. The molecule has 0 bridgehead atoms. The molecule has 6 nitrogen and oxygen atoms in total. The third kappa shape index (κ3) is 5.94. The van der Waals surface area contributed by atoms with Crippen LogP contribution in [0.1, 0.15) is 26.2 Å². The number of fused-ring (bicyclic) bond motifs is 1. The number of benzene rings is 1. The molecule has 0 atom stereocenters. The van der Waals surface area contributed by atoms with Crippen LogP contribution in [0.2, 0.25) is 0 Å². The van der Waals surface area contributed by atoms with E-state index in [2.05, 4.69) is 17.6 Å². The molecule has 0 aliphatic carbocycles. The fourth-order valence-electron chi connectivity index (χ4n) is 2.04. The lowest BCUT2D eigenvalue weighted by molar-refractivity contribution is -0.142. The maximum Gasteiger partial charge on any atom is 0.325 e. The Hall–Kier alpha value is -2.02. The number of nitrogens with one attached hydrogen (secondary N) is 2. The van der Waals surface area contributed by atoms with E-state index < -0.39 is 0 Å². The van der Waals surface area contributed by atoms with Gasteiger partial charge in [-0.1, -0.05) is 19.8 Å². The van der Waals surface area contributed by atoms with E-state index >= 15 is 0 Å². The summed E-state index contributed by atoms with van der Waals surface area (Å²) in [7, 11) is 0. The molecule has 1 aromatic rings. The van der Waals surface area contributed by atoms with Gasteiger partial charge in [0.05, 0.1) is 6.61 Å². The summed E-state index contributed by atoms with van der Waals surface area (Å²) < 4.78 is 16.1. The third-order valence-corrected chi connectivity index (χ3v) is 3.45. The molecule has 1 heterocycles. The molecule has 23 heavy (non-hydrogen) atoms. The topological polar surface area (TPSA) is 68.8 Å². The fraction of sp³-hybridized carbons (Fsp3) is 0.500. The smallest absolute Gasteiger partial charge is 0.325 e. The second-order valence-corrected chi connectivity index (χ2v) is 5.50. The Labute approximate surface area is 141 Å². The number of rotatable bonds is 7. The monoisotopic (exact) mass is 338 g/mol. The summed E-state index contributed by atoms with van der Waals surface area (Å²) in [6, 6.07) is 5.47. The predicted octanol–water partition coefficient (Wildman–Crippen LogP) is 2.48. The summed E-state index contributed by atoms with van der Waals surface area (Å²) in [6.07, 6.45) is 3.05. The van der Waals surface area contributed by atoms with E-state index in [1.165, 1.54) is 0 Å². The molecule has 0 amide bonds. The fourth-order valence-corrected chi connectivity index (χ4v) is 2.23. The van der Waals surface area contributed by atoms with Gasteiger partial charge in [0.15, 0.2) is 16.6 Å². The number of anilines is 1. The lowest BCUT2D eigenvalue weighted by Crippen LogP contribution is -2.34. The van der Waals surface area contributed by atoms with Gasteiger partial charge >= 0.3 is 5.97 Å². The maximum atomic E-state index is 11.5. The Morgan fingerprint density at radius 3 is 2.83 bits per heavy atom. The molecule has 1 aromatic carbocycles. The molecule has 0 saturated carbocycles. The van der Waals surface area contributed by atoms with Crippen molar-refractivity contribution < 1.29 is 19.0 Å². The molecule has 126 valence electrons. The van der Waals surface area contributed by atoms with E-state index in [1.807, 2.05) is 18.2 Å². The Balaban J connectivity index is 1.71. The average molecular weight is 338 g/mol. The van der Waals surface area contributed by atoms with Crippen LogP contribution in [0, 0.1) is 0 Å². The summed E-state index contributed by atoms with van der Waals surface area (Å²) in [5.41, 5.74) is 0.767. The van der Waals surface area contributed by atoms with Crippen molar-refractivity contribution in [3.05, 3.63) is 18.2 Å². The minimum Gasteiger partial charge on any atom is -0.486 e. The zero-order valence-corrected chi connectivity index (χ0v) is 14.0. The molecule has 7 heteroatoms. The molecule has 0 unspecified atom stereocenters. The van der Waals surface area contributed by atoms with Gasteiger partial charge in [0.2, 0.25) is 0 Å². The molecule has 1 aliphatic rings. The van der Waals surface area contributed by atoms with Crippen molar-refractivity contribution in [1.82, 2.24) is 5.32 Å². The highest BCUT2D eigenvalue weighted by atomic mass is 32.1. The van der Waals surface area contributed by atoms with E-state index in [0.29, 0.717) is 30.7 Å². The minimum atomic E-state index is -0.313. The number of hydrogen-bond donors (Lipinski definition) is 2. The van der Waals surface area contributed by atoms with Crippen molar-refractivity contribution in [3.8, 4) is 11.5 Å². The van der Waals surface area contributed by atoms with Gasteiger partial charge in [0.1, 0.15) is 19.8 Å². The summed E-state index contributed by atoms with van der Waals surface area (Å²) in [5.74, 6) is 1.09. The normalized spacial score (nSPS) is 12.4. The van der Waals surface area contributed by atoms with E-state index in [0.717, 1.165) is 30.7 Å². The highest BCUT2D eigenvalue weighted by Crippen LogP contribution is 2.32. The van der Waals surface area contributed by atoms with E-state index in [9.17, 15) is 4.79 Å². The van der Waals surface area contributed by atoms with Gasteiger partial charge in [-0.25, -0.2) is 0 Å². The van der Waals surface area contributed by atoms with Crippen LogP contribution in [0.4, 0.5) is 5.69 Å².